The van der Waals surface area contributed by atoms with Gasteiger partial charge in [0.1, 0.15) is 0 Å². The fourth-order valence-corrected chi connectivity index (χ4v) is 2.28. The molecule has 1 aromatic rings. The molecule has 0 bridgehead atoms. The quantitative estimate of drug-likeness (QED) is 0.872. The fourth-order valence-electron chi connectivity index (χ4n) is 2.16. The van der Waals surface area contributed by atoms with Gasteiger partial charge in [-0.15, -0.1) is 0 Å². The van der Waals surface area contributed by atoms with Crippen molar-refractivity contribution in [1.29, 1.82) is 0 Å². The van der Waals surface area contributed by atoms with Gasteiger partial charge in [0.05, 0.1) is 12.1 Å². The first-order valence-electron chi connectivity index (χ1n) is 6.48. The van der Waals surface area contributed by atoms with Crippen molar-refractivity contribution < 1.29 is 9.53 Å². The highest BCUT2D eigenvalue weighted by Gasteiger charge is 2.29. The van der Waals surface area contributed by atoms with Crippen LogP contribution in [0.25, 0.3) is 0 Å². The maximum Gasteiger partial charge on any atom is 0.238 e. The minimum atomic E-state index is -0.124. The van der Waals surface area contributed by atoms with E-state index in [2.05, 4.69) is 17.6 Å². The van der Waals surface area contributed by atoms with Gasteiger partial charge in [-0.3, -0.25) is 4.79 Å². The predicted molar refractivity (Wildman–Crippen MR) is 76.5 cm³/mol. The van der Waals surface area contributed by atoms with Crippen molar-refractivity contribution in [2.75, 3.05) is 25.0 Å². The van der Waals surface area contributed by atoms with Crippen LogP contribution in [-0.2, 0) is 9.53 Å². The number of carbonyl (C=O) groups excluding carboxylic acids is 1. The van der Waals surface area contributed by atoms with E-state index in [0.29, 0.717) is 11.6 Å². The van der Waals surface area contributed by atoms with E-state index in [1.165, 1.54) is 0 Å². The van der Waals surface area contributed by atoms with E-state index in [4.69, 9.17) is 16.3 Å². The smallest absolute Gasteiger partial charge is 0.238 e. The summed E-state index contributed by atoms with van der Waals surface area (Å²) >= 11 is 5.78. The number of halogens is 1. The van der Waals surface area contributed by atoms with E-state index >= 15 is 0 Å². The number of hydrogen-bond acceptors (Lipinski definition) is 3. The molecule has 1 saturated heterocycles. The Morgan fingerprint density at radius 2 is 2.16 bits per heavy atom. The second-order valence-electron chi connectivity index (χ2n) is 5.06. The Hall–Kier alpha value is -1.10. The molecule has 4 nitrogen and oxygen atoms in total. The highest BCUT2D eigenvalue weighted by molar-refractivity contribution is 6.30. The first-order chi connectivity index (χ1) is 9.07. The molecule has 2 N–H and O–H groups in total. The molecule has 1 aromatic carbocycles. The van der Waals surface area contributed by atoms with E-state index in [1.807, 2.05) is 0 Å². The summed E-state index contributed by atoms with van der Waals surface area (Å²) in [6, 6.07) is 7.05. The predicted octanol–water partition coefficient (Wildman–Crippen LogP) is 2.44. The van der Waals surface area contributed by atoms with Gasteiger partial charge < -0.3 is 15.4 Å². The van der Waals surface area contributed by atoms with Crippen molar-refractivity contribution >= 4 is 23.2 Å². The molecule has 2 rings (SSSR count). The van der Waals surface area contributed by atoms with E-state index in [0.717, 1.165) is 25.1 Å². The van der Waals surface area contributed by atoms with E-state index in [1.54, 1.807) is 24.3 Å². The van der Waals surface area contributed by atoms with Gasteiger partial charge in [0.15, 0.2) is 0 Å². The van der Waals surface area contributed by atoms with Crippen molar-refractivity contribution in [3.05, 3.63) is 29.3 Å². The van der Waals surface area contributed by atoms with E-state index < -0.39 is 0 Å². The van der Waals surface area contributed by atoms with Gasteiger partial charge >= 0.3 is 0 Å². The van der Waals surface area contributed by atoms with Crippen LogP contribution in [0.1, 0.15) is 19.8 Å². The van der Waals surface area contributed by atoms with Crippen molar-refractivity contribution in [1.82, 2.24) is 5.32 Å². The van der Waals surface area contributed by atoms with Crippen LogP contribution in [0.2, 0.25) is 5.02 Å². The van der Waals surface area contributed by atoms with Gasteiger partial charge in [0, 0.05) is 23.9 Å². The van der Waals surface area contributed by atoms with E-state index in [-0.39, 0.29) is 18.1 Å². The molecule has 5 heteroatoms. The van der Waals surface area contributed by atoms with Crippen LogP contribution in [-0.4, -0.2) is 31.2 Å². The Kier molecular flexibility index (Phi) is 4.80. The van der Waals surface area contributed by atoms with Crippen molar-refractivity contribution in [2.45, 2.75) is 25.4 Å². The second-order valence-corrected chi connectivity index (χ2v) is 5.50. The molecule has 104 valence electrons. The zero-order chi connectivity index (χ0) is 13.7. The van der Waals surface area contributed by atoms with Gasteiger partial charge in [-0.05, 0) is 44.0 Å². The summed E-state index contributed by atoms with van der Waals surface area (Å²) < 4.78 is 5.64. The molecule has 1 amide bonds. The summed E-state index contributed by atoms with van der Waals surface area (Å²) in [7, 11) is 0. The molecule has 1 aliphatic heterocycles. The van der Waals surface area contributed by atoms with Gasteiger partial charge in [-0.25, -0.2) is 0 Å². The first kappa shape index (κ1) is 14.3. The third-order valence-corrected chi connectivity index (χ3v) is 3.46. The van der Waals surface area contributed by atoms with Gasteiger partial charge in [-0.1, -0.05) is 11.6 Å². The molecule has 1 atom stereocenters. The highest BCUT2D eigenvalue weighted by atomic mass is 35.5. The maximum absolute atomic E-state index is 11.7. The number of ether oxygens (including phenoxy) is 1. The van der Waals surface area contributed by atoms with Gasteiger partial charge in [0.25, 0.3) is 0 Å². The first-order valence-corrected chi connectivity index (χ1v) is 6.85. The molecule has 0 spiro atoms. The molecule has 1 unspecified atom stereocenters. The van der Waals surface area contributed by atoms with Crippen LogP contribution in [0, 0.1) is 0 Å². The lowest BCUT2D eigenvalue weighted by molar-refractivity contribution is -0.115. The van der Waals surface area contributed by atoms with Crippen molar-refractivity contribution in [3.8, 4) is 0 Å². The monoisotopic (exact) mass is 282 g/mol. The molecule has 1 fully saturated rings. The van der Waals surface area contributed by atoms with Crippen LogP contribution in [0.4, 0.5) is 5.69 Å². The van der Waals surface area contributed by atoms with Crippen LogP contribution in [0.3, 0.4) is 0 Å². The molecular formula is C14H19ClN2O2. The minimum absolute atomic E-state index is 0.0658. The second kappa shape index (κ2) is 6.37. The number of nitrogens with one attached hydrogen (secondary N) is 2. The standard InChI is InChI=1S/C14H19ClN2O2/c1-14(7-2-8-19-14)10-16-9-13(18)17-12-5-3-11(15)4-6-12/h3-6,16H,2,7-10H2,1H3,(H,17,18). The zero-order valence-electron chi connectivity index (χ0n) is 11.0. The number of rotatable bonds is 5. The summed E-state index contributed by atoms with van der Waals surface area (Å²) in [5, 5.41) is 6.60. The Labute approximate surface area is 118 Å². The summed E-state index contributed by atoms with van der Waals surface area (Å²) in [5.41, 5.74) is 0.625. The summed E-state index contributed by atoms with van der Waals surface area (Å²) in [6.07, 6.45) is 2.13. The topological polar surface area (TPSA) is 50.4 Å². The molecule has 0 aromatic heterocycles. The van der Waals surface area contributed by atoms with Crippen LogP contribution in [0.5, 0.6) is 0 Å². The lowest BCUT2D eigenvalue weighted by atomic mass is 10.0. The molecule has 0 saturated carbocycles. The van der Waals surface area contributed by atoms with Crippen LogP contribution < -0.4 is 10.6 Å². The molecule has 1 heterocycles. The summed E-state index contributed by atoms with van der Waals surface area (Å²) in [6.45, 7) is 3.86. The normalized spacial score (nSPS) is 22.4. The average molecular weight is 283 g/mol. The van der Waals surface area contributed by atoms with Gasteiger partial charge in [-0.2, -0.15) is 0 Å². The van der Waals surface area contributed by atoms with Crippen LogP contribution >= 0.6 is 11.6 Å². The highest BCUT2D eigenvalue weighted by Crippen LogP contribution is 2.23. The fraction of sp³-hybridized carbons (Fsp3) is 0.500. The largest absolute Gasteiger partial charge is 0.374 e. The van der Waals surface area contributed by atoms with Crippen LogP contribution in [0.15, 0.2) is 24.3 Å². The lowest BCUT2D eigenvalue weighted by Gasteiger charge is -2.23. The minimum Gasteiger partial charge on any atom is -0.374 e. The van der Waals surface area contributed by atoms with Gasteiger partial charge in [0.2, 0.25) is 5.91 Å². The zero-order valence-corrected chi connectivity index (χ0v) is 11.8. The van der Waals surface area contributed by atoms with Crippen molar-refractivity contribution in [3.63, 3.8) is 0 Å². The summed E-state index contributed by atoms with van der Waals surface area (Å²) in [4.78, 5) is 11.7. The Bertz CT molecular complexity index is 428. The third-order valence-electron chi connectivity index (χ3n) is 3.21. The molecule has 0 aliphatic carbocycles. The Morgan fingerprint density at radius 1 is 1.42 bits per heavy atom. The van der Waals surface area contributed by atoms with E-state index in [9.17, 15) is 4.79 Å². The summed E-state index contributed by atoms with van der Waals surface area (Å²) in [5.74, 6) is -0.0658. The number of carbonyl (C=O) groups is 1. The Morgan fingerprint density at radius 3 is 2.79 bits per heavy atom. The third kappa shape index (κ3) is 4.49. The molecular weight excluding hydrogens is 264 g/mol. The Balaban J connectivity index is 1.71. The maximum atomic E-state index is 11.7. The number of benzene rings is 1. The number of amides is 1. The average Bonchev–Trinajstić information content (AvgIpc) is 2.79. The molecule has 19 heavy (non-hydrogen) atoms. The van der Waals surface area contributed by atoms with Crippen molar-refractivity contribution in [2.24, 2.45) is 0 Å². The SMILES string of the molecule is CC1(CNCC(=O)Nc2ccc(Cl)cc2)CCCO1. The number of hydrogen-bond donors (Lipinski definition) is 2. The number of anilines is 1. The molecule has 1 aliphatic rings. The lowest BCUT2D eigenvalue weighted by Crippen LogP contribution is -2.40. The molecule has 0 radical (unpaired) electrons.